The maximum absolute atomic E-state index is 12.5. The summed E-state index contributed by atoms with van der Waals surface area (Å²) in [6, 6.07) is 7.23. The Morgan fingerprint density at radius 1 is 1.17 bits per heavy atom. The van der Waals surface area contributed by atoms with Crippen molar-refractivity contribution in [2.75, 3.05) is 19.4 Å². The van der Waals surface area contributed by atoms with E-state index in [2.05, 4.69) is 10.3 Å². The van der Waals surface area contributed by atoms with Gasteiger partial charge in [-0.2, -0.15) is 13.2 Å². The van der Waals surface area contributed by atoms with Gasteiger partial charge in [0.15, 0.2) is 0 Å². The van der Waals surface area contributed by atoms with Crippen molar-refractivity contribution in [1.29, 1.82) is 0 Å². The lowest BCUT2D eigenvalue weighted by atomic mass is 10.1. The topological polar surface area (TPSA) is 45.2 Å². The van der Waals surface area contributed by atoms with Crippen molar-refractivity contribution in [2.45, 2.75) is 12.2 Å². The van der Waals surface area contributed by atoms with Crippen molar-refractivity contribution in [2.24, 2.45) is 0 Å². The molecule has 0 aliphatic carbocycles. The molecule has 0 saturated heterocycles. The molecule has 1 aromatic carbocycles. The van der Waals surface area contributed by atoms with Crippen LogP contribution in [0, 0.1) is 0 Å². The van der Waals surface area contributed by atoms with Crippen LogP contribution in [0.1, 0.15) is 17.2 Å². The highest BCUT2D eigenvalue weighted by molar-refractivity contribution is 5.95. The Labute approximate surface area is 132 Å². The SMILES string of the molecule is CN(C)C(C(=O)Nc1ccc(C(F)(F)F)cc1)c1cccnc1. The Kier molecular flexibility index (Phi) is 5.00. The summed E-state index contributed by atoms with van der Waals surface area (Å²) in [5.74, 6) is -0.345. The zero-order chi connectivity index (χ0) is 17.0. The fourth-order valence-electron chi connectivity index (χ4n) is 2.17. The van der Waals surface area contributed by atoms with E-state index in [-0.39, 0.29) is 5.91 Å². The Bertz CT molecular complexity index is 655. The van der Waals surface area contributed by atoms with E-state index in [0.29, 0.717) is 11.3 Å². The number of aromatic nitrogens is 1. The van der Waals surface area contributed by atoms with E-state index in [1.165, 1.54) is 12.1 Å². The molecule has 0 fully saturated rings. The van der Waals surface area contributed by atoms with Crippen molar-refractivity contribution >= 4 is 11.6 Å². The largest absolute Gasteiger partial charge is 0.416 e. The molecule has 122 valence electrons. The Morgan fingerprint density at radius 3 is 2.30 bits per heavy atom. The summed E-state index contributed by atoms with van der Waals surface area (Å²) in [7, 11) is 3.48. The third-order valence-corrected chi connectivity index (χ3v) is 3.24. The van der Waals surface area contributed by atoms with Crippen molar-refractivity contribution in [3.05, 3.63) is 59.9 Å². The van der Waals surface area contributed by atoms with Crippen LogP contribution in [0.15, 0.2) is 48.8 Å². The molecule has 2 aromatic rings. The van der Waals surface area contributed by atoms with Crippen molar-refractivity contribution in [3.63, 3.8) is 0 Å². The molecule has 0 aliphatic rings. The monoisotopic (exact) mass is 323 g/mol. The number of pyridine rings is 1. The maximum atomic E-state index is 12.5. The van der Waals surface area contributed by atoms with Gasteiger partial charge < -0.3 is 5.32 Å². The second kappa shape index (κ2) is 6.78. The van der Waals surface area contributed by atoms with E-state index < -0.39 is 17.8 Å². The van der Waals surface area contributed by atoms with Crippen LogP contribution in [-0.4, -0.2) is 29.9 Å². The van der Waals surface area contributed by atoms with Gasteiger partial charge in [-0.15, -0.1) is 0 Å². The average Bonchev–Trinajstić information content (AvgIpc) is 2.47. The van der Waals surface area contributed by atoms with Gasteiger partial charge in [0.2, 0.25) is 5.91 Å². The van der Waals surface area contributed by atoms with Gasteiger partial charge in [-0.25, -0.2) is 0 Å². The third kappa shape index (κ3) is 4.29. The van der Waals surface area contributed by atoms with Crippen molar-refractivity contribution < 1.29 is 18.0 Å². The molecule has 23 heavy (non-hydrogen) atoms. The second-order valence-corrected chi connectivity index (χ2v) is 5.22. The molecular formula is C16H16F3N3O. The summed E-state index contributed by atoms with van der Waals surface area (Å²) in [5, 5.41) is 2.62. The number of rotatable bonds is 4. The lowest BCUT2D eigenvalue weighted by Gasteiger charge is -2.23. The summed E-state index contributed by atoms with van der Waals surface area (Å²) >= 11 is 0. The average molecular weight is 323 g/mol. The standard InChI is InChI=1S/C16H16F3N3O/c1-22(2)14(11-4-3-9-20-10-11)15(23)21-13-7-5-12(6-8-13)16(17,18)19/h3-10,14H,1-2H3,(H,21,23). The predicted molar refractivity (Wildman–Crippen MR) is 80.7 cm³/mol. The molecule has 0 radical (unpaired) electrons. The van der Waals surface area contributed by atoms with Gasteiger partial charge in [0.1, 0.15) is 6.04 Å². The third-order valence-electron chi connectivity index (χ3n) is 3.24. The number of benzene rings is 1. The number of nitrogens with one attached hydrogen (secondary N) is 1. The van der Waals surface area contributed by atoms with Gasteiger partial charge in [0.05, 0.1) is 5.56 Å². The summed E-state index contributed by atoms with van der Waals surface area (Å²) in [6.07, 6.45) is -1.22. The summed E-state index contributed by atoms with van der Waals surface area (Å²) in [4.78, 5) is 18.1. The van der Waals surface area contributed by atoms with Crippen LogP contribution in [0.4, 0.5) is 18.9 Å². The molecule has 1 heterocycles. The zero-order valence-electron chi connectivity index (χ0n) is 12.6. The van der Waals surface area contributed by atoms with Gasteiger partial charge in [-0.3, -0.25) is 14.7 Å². The first-order valence-electron chi connectivity index (χ1n) is 6.83. The minimum Gasteiger partial charge on any atom is -0.324 e. The predicted octanol–water partition coefficient (Wildman–Crippen LogP) is 3.34. The van der Waals surface area contributed by atoms with Crippen LogP contribution in [0.2, 0.25) is 0 Å². The second-order valence-electron chi connectivity index (χ2n) is 5.22. The van der Waals surface area contributed by atoms with Crippen LogP contribution < -0.4 is 5.32 Å². The van der Waals surface area contributed by atoms with E-state index in [4.69, 9.17) is 0 Å². The fraction of sp³-hybridized carbons (Fsp3) is 0.250. The lowest BCUT2D eigenvalue weighted by Crippen LogP contribution is -2.32. The van der Waals surface area contributed by atoms with Crippen LogP contribution in [0.5, 0.6) is 0 Å². The molecular weight excluding hydrogens is 307 g/mol. The van der Waals surface area contributed by atoms with Crippen LogP contribution in [0.25, 0.3) is 0 Å². The number of amides is 1. The summed E-state index contributed by atoms with van der Waals surface area (Å²) in [5.41, 5.74) is 0.243. The minimum absolute atomic E-state index is 0.304. The molecule has 1 amide bonds. The highest BCUT2D eigenvalue weighted by Crippen LogP contribution is 2.30. The molecule has 2 rings (SSSR count). The zero-order valence-corrected chi connectivity index (χ0v) is 12.6. The normalized spacial score (nSPS) is 13.0. The van der Waals surface area contributed by atoms with Crippen molar-refractivity contribution in [3.8, 4) is 0 Å². The van der Waals surface area contributed by atoms with Crippen molar-refractivity contribution in [1.82, 2.24) is 9.88 Å². The molecule has 0 saturated carbocycles. The van der Waals surface area contributed by atoms with E-state index in [1.807, 2.05) is 0 Å². The number of nitrogens with zero attached hydrogens (tertiary/aromatic N) is 2. The number of anilines is 1. The molecule has 0 aliphatic heterocycles. The summed E-state index contributed by atoms with van der Waals surface area (Å²) in [6.45, 7) is 0. The molecule has 7 heteroatoms. The molecule has 0 bridgehead atoms. The Morgan fingerprint density at radius 2 is 1.83 bits per heavy atom. The molecule has 1 N–H and O–H groups in total. The number of hydrogen-bond donors (Lipinski definition) is 1. The van der Waals surface area contributed by atoms with Crippen LogP contribution in [-0.2, 0) is 11.0 Å². The van der Waals surface area contributed by atoms with Gasteiger partial charge in [0.25, 0.3) is 0 Å². The van der Waals surface area contributed by atoms with Gasteiger partial charge in [-0.05, 0) is 50.0 Å². The van der Waals surface area contributed by atoms with Gasteiger partial charge >= 0.3 is 6.18 Å². The molecule has 0 spiro atoms. The Hall–Kier alpha value is -2.41. The number of likely N-dealkylation sites (N-methyl/N-ethyl adjacent to an activating group) is 1. The first-order valence-corrected chi connectivity index (χ1v) is 6.83. The lowest BCUT2D eigenvalue weighted by molar-refractivity contribution is -0.137. The van der Waals surface area contributed by atoms with E-state index in [1.54, 1.807) is 43.5 Å². The highest BCUT2D eigenvalue weighted by atomic mass is 19.4. The van der Waals surface area contributed by atoms with E-state index >= 15 is 0 Å². The van der Waals surface area contributed by atoms with Crippen LogP contribution in [0.3, 0.4) is 0 Å². The minimum atomic E-state index is -4.40. The van der Waals surface area contributed by atoms with E-state index in [0.717, 1.165) is 12.1 Å². The quantitative estimate of drug-likeness (QED) is 0.938. The number of halogens is 3. The first-order chi connectivity index (χ1) is 10.8. The molecule has 1 unspecified atom stereocenters. The number of carbonyl (C=O) groups excluding carboxylic acids is 1. The summed E-state index contributed by atoms with van der Waals surface area (Å²) < 4.78 is 37.6. The first kappa shape index (κ1) is 17.0. The van der Waals surface area contributed by atoms with Gasteiger partial charge in [-0.1, -0.05) is 6.07 Å². The fourth-order valence-corrected chi connectivity index (χ4v) is 2.17. The number of alkyl halides is 3. The maximum Gasteiger partial charge on any atom is 0.416 e. The molecule has 4 nitrogen and oxygen atoms in total. The van der Waals surface area contributed by atoms with Crippen LogP contribution >= 0.6 is 0 Å². The molecule has 1 aromatic heterocycles. The number of carbonyl (C=O) groups is 1. The van der Waals surface area contributed by atoms with E-state index in [9.17, 15) is 18.0 Å². The van der Waals surface area contributed by atoms with Gasteiger partial charge in [0, 0.05) is 18.1 Å². The number of hydrogen-bond acceptors (Lipinski definition) is 3. The Balaban J connectivity index is 2.16. The highest BCUT2D eigenvalue weighted by Gasteiger charge is 2.30. The molecule has 1 atom stereocenters. The smallest absolute Gasteiger partial charge is 0.324 e.